The van der Waals surface area contributed by atoms with Crippen molar-refractivity contribution in [3.63, 3.8) is 0 Å². The molecule has 2 aromatic carbocycles. The molecular weight excluding hydrogens is 294 g/mol. The van der Waals surface area contributed by atoms with Gasteiger partial charge in [-0.05, 0) is 55.8 Å². The minimum Gasteiger partial charge on any atom is -0.497 e. The van der Waals surface area contributed by atoms with Crippen molar-refractivity contribution in [2.24, 2.45) is 0 Å². The number of aliphatic hydroxyl groups is 1. The molecule has 0 aliphatic carbocycles. The third-order valence-corrected chi connectivity index (χ3v) is 5.15. The summed E-state index contributed by atoms with van der Waals surface area (Å²) in [6.07, 6.45) is 1.51. The van der Waals surface area contributed by atoms with Gasteiger partial charge in [-0.2, -0.15) is 0 Å². The van der Waals surface area contributed by atoms with Crippen molar-refractivity contribution in [1.29, 1.82) is 0 Å². The first-order valence-corrected chi connectivity index (χ1v) is 8.37. The lowest BCUT2D eigenvalue weighted by molar-refractivity contribution is 0.00351. The summed E-state index contributed by atoms with van der Waals surface area (Å²) >= 11 is 1.68. The molecule has 0 unspecified atom stereocenters. The van der Waals surface area contributed by atoms with Crippen LogP contribution in [0.25, 0.3) is 0 Å². The maximum Gasteiger partial charge on any atom is 0.119 e. The Morgan fingerprint density at radius 1 is 1.09 bits per heavy atom. The van der Waals surface area contributed by atoms with Crippen LogP contribution in [0.2, 0.25) is 0 Å². The molecule has 3 nitrogen and oxygen atoms in total. The number of ether oxygens (including phenoxy) is 1. The average molecular weight is 315 g/mol. The summed E-state index contributed by atoms with van der Waals surface area (Å²) in [7, 11) is 1.68. The lowest BCUT2D eigenvalue weighted by Gasteiger charge is -2.34. The Labute approximate surface area is 135 Å². The molecule has 1 fully saturated rings. The van der Waals surface area contributed by atoms with Gasteiger partial charge in [-0.15, -0.1) is 0 Å². The van der Waals surface area contributed by atoms with Crippen molar-refractivity contribution in [3.05, 3.63) is 54.1 Å². The zero-order valence-corrected chi connectivity index (χ0v) is 13.5. The van der Waals surface area contributed by atoms with Crippen molar-refractivity contribution < 1.29 is 9.84 Å². The summed E-state index contributed by atoms with van der Waals surface area (Å²) in [6.45, 7) is 1.71. The molecule has 1 aliphatic rings. The number of piperidine rings is 1. The lowest BCUT2D eigenvalue weighted by atomic mass is 9.85. The van der Waals surface area contributed by atoms with Crippen molar-refractivity contribution >= 4 is 11.8 Å². The molecule has 22 heavy (non-hydrogen) atoms. The van der Waals surface area contributed by atoms with Crippen LogP contribution >= 0.6 is 11.8 Å². The van der Waals surface area contributed by atoms with Crippen LogP contribution < -0.4 is 10.1 Å². The second-order valence-corrected chi connectivity index (χ2v) is 6.67. The molecule has 3 rings (SSSR count). The number of methoxy groups -OCH3 is 1. The van der Waals surface area contributed by atoms with Crippen LogP contribution in [0.4, 0.5) is 0 Å². The average Bonchev–Trinajstić information content (AvgIpc) is 2.56. The summed E-state index contributed by atoms with van der Waals surface area (Å²) in [5, 5.41) is 14.3. The van der Waals surface area contributed by atoms with Gasteiger partial charge in [-0.1, -0.05) is 36.0 Å². The van der Waals surface area contributed by atoms with E-state index in [0.29, 0.717) is 0 Å². The zero-order valence-electron chi connectivity index (χ0n) is 12.7. The molecule has 0 bridgehead atoms. The van der Waals surface area contributed by atoms with Crippen LogP contribution in [0.5, 0.6) is 5.75 Å². The Morgan fingerprint density at radius 2 is 1.86 bits per heavy atom. The third-order valence-electron chi connectivity index (χ3n) is 4.09. The predicted molar refractivity (Wildman–Crippen MR) is 89.6 cm³/mol. The Kier molecular flexibility index (Phi) is 4.71. The molecule has 2 N–H and O–H groups in total. The van der Waals surface area contributed by atoms with E-state index >= 15 is 0 Å². The van der Waals surface area contributed by atoms with Crippen molar-refractivity contribution in [2.45, 2.75) is 28.2 Å². The van der Waals surface area contributed by atoms with Gasteiger partial charge in [0.1, 0.15) is 5.75 Å². The normalized spacial score (nSPS) is 17.2. The SMILES string of the molecule is COc1cccc(Sc2ccccc2C2(O)CCNCC2)c1. The van der Waals surface area contributed by atoms with Gasteiger partial charge in [-0.3, -0.25) is 0 Å². The molecule has 0 saturated carbocycles. The molecule has 0 aromatic heterocycles. The van der Waals surface area contributed by atoms with Crippen LogP contribution in [0.3, 0.4) is 0 Å². The highest BCUT2D eigenvalue weighted by molar-refractivity contribution is 7.99. The summed E-state index contributed by atoms with van der Waals surface area (Å²) in [5.74, 6) is 0.850. The summed E-state index contributed by atoms with van der Waals surface area (Å²) in [6, 6.07) is 16.2. The first kappa shape index (κ1) is 15.4. The summed E-state index contributed by atoms with van der Waals surface area (Å²) in [5.41, 5.74) is 0.303. The first-order chi connectivity index (χ1) is 10.7. The molecular formula is C18H21NO2S. The predicted octanol–water partition coefficient (Wildman–Crippen LogP) is 3.42. The highest BCUT2D eigenvalue weighted by atomic mass is 32.2. The van der Waals surface area contributed by atoms with Crippen LogP contribution in [0.1, 0.15) is 18.4 Å². The fourth-order valence-corrected chi connectivity index (χ4v) is 3.93. The maximum atomic E-state index is 11.0. The highest BCUT2D eigenvalue weighted by Gasteiger charge is 2.33. The van der Waals surface area contributed by atoms with E-state index in [1.165, 1.54) is 0 Å². The summed E-state index contributed by atoms with van der Waals surface area (Å²) < 4.78 is 5.29. The third kappa shape index (κ3) is 3.29. The molecule has 0 spiro atoms. The van der Waals surface area contributed by atoms with Gasteiger partial charge in [-0.25, -0.2) is 0 Å². The minimum atomic E-state index is -0.728. The van der Waals surface area contributed by atoms with Gasteiger partial charge >= 0.3 is 0 Å². The topological polar surface area (TPSA) is 41.5 Å². The smallest absolute Gasteiger partial charge is 0.119 e. The number of benzene rings is 2. The van der Waals surface area contributed by atoms with Crippen molar-refractivity contribution in [3.8, 4) is 5.75 Å². The van der Waals surface area contributed by atoms with Gasteiger partial charge in [0, 0.05) is 9.79 Å². The van der Waals surface area contributed by atoms with Crippen LogP contribution in [0.15, 0.2) is 58.3 Å². The number of nitrogens with one attached hydrogen (secondary N) is 1. The molecule has 2 aromatic rings. The van der Waals surface area contributed by atoms with Crippen LogP contribution in [-0.2, 0) is 5.60 Å². The van der Waals surface area contributed by atoms with E-state index in [2.05, 4.69) is 17.4 Å². The van der Waals surface area contributed by atoms with E-state index in [1.807, 2.05) is 36.4 Å². The Bertz CT molecular complexity index is 638. The summed E-state index contributed by atoms with van der Waals surface area (Å²) in [4.78, 5) is 2.23. The number of hydrogen-bond donors (Lipinski definition) is 2. The van der Waals surface area contributed by atoms with E-state index in [0.717, 1.165) is 47.0 Å². The highest BCUT2D eigenvalue weighted by Crippen LogP contribution is 2.40. The molecule has 116 valence electrons. The van der Waals surface area contributed by atoms with Crippen molar-refractivity contribution in [2.75, 3.05) is 20.2 Å². The Morgan fingerprint density at radius 3 is 2.64 bits per heavy atom. The molecule has 0 atom stereocenters. The van der Waals surface area contributed by atoms with E-state index in [9.17, 15) is 5.11 Å². The fraction of sp³-hybridized carbons (Fsp3) is 0.333. The van der Waals surface area contributed by atoms with E-state index in [-0.39, 0.29) is 0 Å². The largest absolute Gasteiger partial charge is 0.497 e. The van der Waals surface area contributed by atoms with Gasteiger partial charge in [0.2, 0.25) is 0 Å². The van der Waals surface area contributed by atoms with Crippen LogP contribution in [-0.4, -0.2) is 25.3 Å². The molecule has 0 amide bonds. The lowest BCUT2D eigenvalue weighted by Crippen LogP contribution is -2.40. The maximum absolute atomic E-state index is 11.0. The molecule has 1 aliphatic heterocycles. The Balaban J connectivity index is 1.90. The van der Waals surface area contributed by atoms with Gasteiger partial charge in [0.05, 0.1) is 12.7 Å². The Hall–Kier alpha value is -1.49. The quantitative estimate of drug-likeness (QED) is 0.907. The standard InChI is InChI=1S/C18H21NO2S/c1-21-14-5-4-6-15(13-14)22-17-8-3-2-7-16(17)18(20)9-11-19-12-10-18/h2-8,13,19-20H,9-12H2,1H3. The van der Waals surface area contributed by atoms with E-state index < -0.39 is 5.60 Å². The van der Waals surface area contributed by atoms with Crippen LogP contribution in [0, 0.1) is 0 Å². The van der Waals surface area contributed by atoms with Gasteiger partial charge in [0.25, 0.3) is 0 Å². The zero-order chi connectivity index (χ0) is 15.4. The second kappa shape index (κ2) is 6.73. The van der Waals surface area contributed by atoms with Crippen molar-refractivity contribution in [1.82, 2.24) is 5.32 Å². The molecule has 1 saturated heterocycles. The van der Waals surface area contributed by atoms with E-state index in [4.69, 9.17) is 4.74 Å². The van der Waals surface area contributed by atoms with Gasteiger partial charge in [0.15, 0.2) is 0 Å². The van der Waals surface area contributed by atoms with E-state index in [1.54, 1.807) is 18.9 Å². The molecule has 4 heteroatoms. The fourth-order valence-electron chi connectivity index (χ4n) is 2.84. The number of hydrogen-bond acceptors (Lipinski definition) is 4. The number of rotatable bonds is 4. The van der Waals surface area contributed by atoms with Gasteiger partial charge < -0.3 is 15.2 Å². The first-order valence-electron chi connectivity index (χ1n) is 7.56. The monoisotopic (exact) mass is 315 g/mol. The minimum absolute atomic E-state index is 0.728. The molecule has 0 radical (unpaired) electrons. The molecule has 1 heterocycles. The second-order valence-electron chi connectivity index (χ2n) is 5.56.